The fraction of sp³-hybridized carbons (Fsp3) is 0.571. The summed E-state index contributed by atoms with van der Waals surface area (Å²) >= 11 is 0. The third-order valence-corrected chi connectivity index (χ3v) is 3.32. The lowest BCUT2D eigenvalue weighted by atomic mass is 10.0. The van der Waals surface area contributed by atoms with Crippen LogP contribution in [0.3, 0.4) is 0 Å². The van der Waals surface area contributed by atoms with Crippen molar-refractivity contribution in [1.29, 1.82) is 0 Å². The van der Waals surface area contributed by atoms with Crippen LogP contribution in [0.25, 0.3) is 0 Å². The highest BCUT2D eigenvalue weighted by molar-refractivity contribution is 5.20. The Labute approximate surface area is 109 Å². The van der Waals surface area contributed by atoms with Gasteiger partial charge in [-0.2, -0.15) is 0 Å². The molecule has 1 aliphatic rings. The number of nitrogens with one attached hydrogen (secondary N) is 3. The minimum atomic E-state index is 0.554. The Morgan fingerprint density at radius 3 is 2.89 bits per heavy atom. The summed E-state index contributed by atoms with van der Waals surface area (Å²) in [5.41, 5.74) is 6.41. The molecule has 0 aliphatic carbocycles. The Morgan fingerprint density at radius 2 is 2.17 bits per heavy atom. The van der Waals surface area contributed by atoms with Gasteiger partial charge in [-0.3, -0.25) is 10.9 Å². The van der Waals surface area contributed by atoms with Crippen molar-refractivity contribution in [3.05, 3.63) is 30.3 Å². The number of hydrogen-bond acceptors (Lipinski definition) is 4. The maximum absolute atomic E-state index is 5.63. The highest BCUT2D eigenvalue weighted by Gasteiger charge is 2.21. The van der Waals surface area contributed by atoms with E-state index in [0.717, 1.165) is 38.4 Å². The quantitative estimate of drug-likeness (QED) is 0.635. The molecule has 1 aliphatic heterocycles. The predicted molar refractivity (Wildman–Crippen MR) is 73.5 cm³/mol. The van der Waals surface area contributed by atoms with E-state index in [4.69, 9.17) is 4.74 Å². The summed E-state index contributed by atoms with van der Waals surface area (Å²) < 4.78 is 5.63. The average molecular weight is 249 g/mol. The molecule has 0 amide bonds. The van der Waals surface area contributed by atoms with Crippen molar-refractivity contribution in [2.45, 2.75) is 19.4 Å². The molecule has 1 fully saturated rings. The van der Waals surface area contributed by atoms with E-state index in [-0.39, 0.29) is 0 Å². The second-order valence-corrected chi connectivity index (χ2v) is 4.79. The first-order chi connectivity index (χ1) is 8.86. The molecule has 100 valence electrons. The van der Waals surface area contributed by atoms with Crippen molar-refractivity contribution in [3.8, 4) is 5.75 Å². The van der Waals surface area contributed by atoms with Crippen LogP contribution in [0.2, 0.25) is 0 Å². The minimum Gasteiger partial charge on any atom is -0.494 e. The molecule has 0 spiro atoms. The number of rotatable bonds is 7. The van der Waals surface area contributed by atoms with Crippen LogP contribution in [-0.2, 0) is 0 Å². The summed E-state index contributed by atoms with van der Waals surface area (Å²) in [7, 11) is 0. The second kappa shape index (κ2) is 7.36. The third-order valence-electron chi connectivity index (χ3n) is 3.32. The lowest BCUT2D eigenvalue weighted by Gasteiger charge is -2.14. The van der Waals surface area contributed by atoms with Crippen molar-refractivity contribution in [3.63, 3.8) is 0 Å². The van der Waals surface area contributed by atoms with Gasteiger partial charge >= 0.3 is 0 Å². The van der Waals surface area contributed by atoms with Gasteiger partial charge in [-0.25, -0.2) is 0 Å². The molecule has 3 N–H and O–H groups in total. The zero-order valence-corrected chi connectivity index (χ0v) is 11.0. The van der Waals surface area contributed by atoms with Crippen molar-refractivity contribution < 1.29 is 4.74 Å². The van der Waals surface area contributed by atoms with E-state index >= 15 is 0 Å². The maximum atomic E-state index is 5.63. The molecule has 1 heterocycles. The first-order valence-electron chi connectivity index (χ1n) is 6.73. The van der Waals surface area contributed by atoms with Gasteiger partial charge in [0.15, 0.2) is 0 Å². The van der Waals surface area contributed by atoms with Crippen molar-refractivity contribution in [2.75, 3.05) is 26.2 Å². The Hall–Kier alpha value is -1.10. The number of para-hydroxylation sites is 1. The molecule has 18 heavy (non-hydrogen) atoms. The van der Waals surface area contributed by atoms with Crippen LogP contribution in [0.5, 0.6) is 5.75 Å². The molecule has 0 radical (unpaired) electrons. The van der Waals surface area contributed by atoms with Crippen LogP contribution in [-0.4, -0.2) is 32.3 Å². The molecule has 0 saturated carbocycles. The monoisotopic (exact) mass is 249 g/mol. The van der Waals surface area contributed by atoms with Crippen LogP contribution in [0, 0.1) is 5.92 Å². The largest absolute Gasteiger partial charge is 0.494 e. The van der Waals surface area contributed by atoms with Gasteiger partial charge in [0.2, 0.25) is 0 Å². The zero-order chi connectivity index (χ0) is 12.6. The van der Waals surface area contributed by atoms with Crippen LogP contribution >= 0.6 is 0 Å². The highest BCUT2D eigenvalue weighted by atomic mass is 16.5. The molecule has 0 aromatic heterocycles. The standard InChI is InChI=1S/C14H23N3O/c1-12-13(11-16-17-12)10-15-8-5-9-18-14-6-3-2-4-7-14/h2-4,6-7,12-13,15-17H,5,8-11H2,1H3. The number of ether oxygens (including phenoxy) is 1. The minimum absolute atomic E-state index is 0.554. The summed E-state index contributed by atoms with van der Waals surface area (Å²) in [5.74, 6) is 1.63. The SMILES string of the molecule is CC1NNCC1CNCCCOc1ccccc1. The fourth-order valence-electron chi connectivity index (χ4n) is 2.09. The van der Waals surface area contributed by atoms with Crippen LogP contribution in [0.15, 0.2) is 30.3 Å². The lowest BCUT2D eigenvalue weighted by molar-refractivity contribution is 0.306. The van der Waals surface area contributed by atoms with Gasteiger partial charge in [0.25, 0.3) is 0 Å². The summed E-state index contributed by atoms with van der Waals surface area (Å²) in [6, 6.07) is 10.5. The normalized spacial score (nSPS) is 23.2. The van der Waals surface area contributed by atoms with E-state index in [1.54, 1.807) is 0 Å². The summed E-state index contributed by atoms with van der Waals surface area (Å²) in [6.07, 6.45) is 1.04. The van der Waals surface area contributed by atoms with E-state index in [0.29, 0.717) is 12.0 Å². The molecule has 1 saturated heterocycles. The molecular weight excluding hydrogens is 226 g/mol. The Balaban J connectivity index is 1.49. The number of hydrogen-bond donors (Lipinski definition) is 3. The van der Waals surface area contributed by atoms with E-state index in [9.17, 15) is 0 Å². The highest BCUT2D eigenvalue weighted by Crippen LogP contribution is 2.08. The Morgan fingerprint density at radius 1 is 1.33 bits per heavy atom. The average Bonchev–Trinajstić information content (AvgIpc) is 2.81. The van der Waals surface area contributed by atoms with Crippen molar-refractivity contribution in [2.24, 2.45) is 5.92 Å². The second-order valence-electron chi connectivity index (χ2n) is 4.79. The van der Waals surface area contributed by atoms with E-state index < -0.39 is 0 Å². The van der Waals surface area contributed by atoms with Crippen molar-refractivity contribution >= 4 is 0 Å². The zero-order valence-electron chi connectivity index (χ0n) is 11.0. The molecule has 2 unspecified atom stereocenters. The van der Waals surface area contributed by atoms with Gasteiger partial charge in [0, 0.05) is 25.0 Å². The molecular formula is C14H23N3O. The van der Waals surface area contributed by atoms with Gasteiger partial charge in [0.1, 0.15) is 5.75 Å². The molecule has 1 aromatic carbocycles. The third kappa shape index (κ3) is 4.29. The number of hydrazine groups is 1. The first kappa shape index (κ1) is 13.3. The smallest absolute Gasteiger partial charge is 0.119 e. The molecule has 4 nitrogen and oxygen atoms in total. The molecule has 0 bridgehead atoms. The van der Waals surface area contributed by atoms with Gasteiger partial charge < -0.3 is 10.1 Å². The van der Waals surface area contributed by atoms with Crippen LogP contribution in [0.4, 0.5) is 0 Å². The summed E-state index contributed by atoms with van der Waals surface area (Å²) in [4.78, 5) is 0. The molecule has 2 atom stereocenters. The molecule has 1 aromatic rings. The van der Waals surface area contributed by atoms with Gasteiger partial charge in [-0.05, 0) is 32.0 Å². The molecule has 4 heteroatoms. The van der Waals surface area contributed by atoms with Crippen molar-refractivity contribution in [1.82, 2.24) is 16.2 Å². The molecule has 2 rings (SSSR count). The number of benzene rings is 1. The van der Waals surface area contributed by atoms with Crippen LogP contribution < -0.4 is 20.9 Å². The van der Waals surface area contributed by atoms with E-state index in [2.05, 4.69) is 23.1 Å². The topological polar surface area (TPSA) is 45.3 Å². The maximum Gasteiger partial charge on any atom is 0.119 e. The van der Waals surface area contributed by atoms with Gasteiger partial charge in [0.05, 0.1) is 6.61 Å². The van der Waals surface area contributed by atoms with Gasteiger partial charge in [-0.1, -0.05) is 18.2 Å². The summed E-state index contributed by atoms with van der Waals surface area (Å²) in [6.45, 7) is 6.11. The summed E-state index contributed by atoms with van der Waals surface area (Å²) in [5, 5.41) is 3.48. The van der Waals surface area contributed by atoms with Gasteiger partial charge in [-0.15, -0.1) is 0 Å². The lowest BCUT2D eigenvalue weighted by Crippen LogP contribution is -2.33. The fourth-order valence-corrected chi connectivity index (χ4v) is 2.09. The predicted octanol–water partition coefficient (Wildman–Crippen LogP) is 1.16. The Kier molecular flexibility index (Phi) is 5.45. The Bertz CT molecular complexity index is 331. The van der Waals surface area contributed by atoms with Crippen LogP contribution in [0.1, 0.15) is 13.3 Å². The first-order valence-corrected chi connectivity index (χ1v) is 6.73. The van der Waals surface area contributed by atoms with E-state index in [1.165, 1.54) is 0 Å². The van der Waals surface area contributed by atoms with E-state index in [1.807, 2.05) is 30.3 Å².